The fraction of sp³-hybridized carbons (Fsp3) is 0.238. The van der Waals surface area contributed by atoms with Gasteiger partial charge in [0.15, 0.2) is 0 Å². The lowest BCUT2D eigenvalue weighted by atomic mass is 10.0. The summed E-state index contributed by atoms with van der Waals surface area (Å²) in [5.41, 5.74) is 3.48. The van der Waals surface area contributed by atoms with Gasteiger partial charge in [0.25, 0.3) is 0 Å². The molecule has 0 radical (unpaired) electrons. The van der Waals surface area contributed by atoms with Gasteiger partial charge in [-0.3, -0.25) is 9.59 Å². The van der Waals surface area contributed by atoms with Crippen LogP contribution < -0.4 is 15.4 Å². The van der Waals surface area contributed by atoms with Crippen LogP contribution in [-0.2, 0) is 16.0 Å². The van der Waals surface area contributed by atoms with Crippen LogP contribution in [0.5, 0.6) is 5.75 Å². The van der Waals surface area contributed by atoms with Crippen LogP contribution >= 0.6 is 0 Å². The highest BCUT2D eigenvalue weighted by Gasteiger charge is 2.15. The Morgan fingerprint density at radius 1 is 1.10 bits per heavy atom. The first-order chi connectivity index (χ1) is 14.2. The number of ether oxygens (including phenoxy) is 1. The fourth-order valence-electron chi connectivity index (χ4n) is 3.12. The SMILES string of the molecule is O=C(CCCOc1ccc2c(c1)CCC(=O)N2)Nc1ccc(-n2nccn2)cc1. The molecular formula is C21H21N5O3. The second-order valence-corrected chi connectivity index (χ2v) is 6.73. The van der Waals surface area contributed by atoms with Gasteiger partial charge in [-0.05, 0) is 60.9 Å². The zero-order valence-electron chi connectivity index (χ0n) is 15.8. The van der Waals surface area contributed by atoms with Gasteiger partial charge >= 0.3 is 0 Å². The minimum Gasteiger partial charge on any atom is -0.494 e. The van der Waals surface area contributed by atoms with Gasteiger partial charge in [0.05, 0.1) is 24.7 Å². The number of benzene rings is 2. The number of amides is 2. The molecule has 4 rings (SSSR count). The van der Waals surface area contributed by atoms with Crippen LogP contribution in [0.25, 0.3) is 5.69 Å². The number of aryl methyl sites for hydroxylation is 1. The number of anilines is 2. The number of aromatic nitrogens is 3. The first kappa shape index (κ1) is 18.7. The number of nitrogens with zero attached hydrogens (tertiary/aromatic N) is 3. The van der Waals surface area contributed by atoms with E-state index in [4.69, 9.17) is 4.74 Å². The van der Waals surface area contributed by atoms with Gasteiger partial charge in [0.1, 0.15) is 5.75 Å². The maximum Gasteiger partial charge on any atom is 0.224 e. The molecule has 0 saturated heterocycles. The Hall–Kier alpha value is -3.68. The summed E-state index contributed by atoms with van der Waals surface area (Å²) in [6.45, 7) is 0.447. The van der Waals surface area contributed by atoms with Gasteiger partial charge in [0.2, 0.25) is 11.8 Å². The van der Waals surface area contributed by atoms with Gasteiger partial charge in [-0.15, -0.1) is 0 Å². The van der Waals surface area contributed by atoms with E-state index < -0.39 is 0 Å². The average molecular weight is 391 g/mol. The normalized spacial score (nSPS) is 12.8. The number of carbonyl (C=O) groups excluding carboxylic acids is 2. The van der Waals surface area contributed by atoms with E-state index in [0.717, 1.165) is 34.8 Å². The van der Waals surface area contributed by atoms with Crippen molar-refractivity contribution in [1.82, 2.24) is 15.0 Å². The van der Waals surface area contributed by atoms with Crippen LogP contribution in [-0.4, -0.2) is 33.4 Å². The highest BCUT2D eigenvalue weighted by molar-refractivity contribution is 5.94. The number of carbonyl (C=O) groups is 2. The third kappa shape index (κ3) is 4.78. The number of hydrogen-bond donors (Lipinski definition) is 2. The molecule has 8 heteroatoms. The largest absolute Gasteiger partial charge is 0.494 e. The quantitative estimate of drug-likeness (QED) is 0.604. The summed E-state index contributed by atoms with van der Waals surface area (Å²) in [6, 6.07) is 13.0. The monoisotopic (exact) mass is 391 g/mol. The highest BCUT2D eigenvalue weighted by atomic mass is 16.5. The summed E-state index contributed by atoms with van der Waals surface area (Å²) < 4.78 is 5.75. The van der Waals surface area contributed by atoms with Crippen molar-refractivity contribution in [2.75, 3.05) is 17.2 Å². The lowest BCUT2D eigenvalue weighted by Crippen LogP contribution is -2.18. The predicted octanol–water partition coefficient (Wildman–Crippen LogP) is 2.95. The number of rotatable bonds is 7. The van der Waals surface area contributed by atoms with Crippen molar-refractivity contribution in [3.63, 3.8) is 0 Å². The van der Waals surface area contributed by atoms with Gasteiger partial charge in [-0.1, -0.05) is 0 Å². The van der Waals surface area contributed by atoms with Gasteiger partial charge in [0, 0.05) is 24.2 Å². The lowest BCUT2D eigenvalue weighted by molar-refractivity contribution is -0.117. The average Bonchev–Trinajstić information content (AvgIpc) is 3.27. The molecule has 0 atom stereocenters. The number of fused-ring (bicyclic) bond motifs is 1. The summed E-state index contributed by atoms with van der Waals surface area (Å²) in [4.78, 5) is 25.0. The van der Waals surface area contributed by atoms with Crippen molar-refractivity contribution in [1.29, 1.82) is 0 Å². The Morgan fingerprint density at radius 2 is 1.90 bits per heavy atom. The lowest BCUT2D eigenvalue weighted by Gasteiger charge is -2.17. The molecular weight excluding hydrogens is 370 g/mol. The number of nitrogens with one attached hydrogen (secondary N) is 2. The molecule has 3 aromatic rings. The molecule has 29 heavy (non-hydrogen) atoms. The van der Waals surface area contributed by atoms with E-state index in [-0.39, 0.29) is 11.8 Å². The summed E-state index contributed by atoms with van der Waals surface area (Å²) in [5, 5.41) is 13.9. The molecule has 1 aliphatic rings. The second kappa shape index (κ2) is 8.55. The van der Waals surface area contributed by atoms with E-state index in [1.54, 1.807) is 12.4 Å². The van der Waals surface area contributed by atoms with E-state index in [1.807, 2.05) is 42.5 Å². The van der Waals surface area contributed by atoms with Crippen LogP contribution in [0.4, 0.5) is 11.4 Å². The Kier molecular flexibility index (Phi) is 5.51. The van der Waals surface area contributed by atoms with Crippen molar-refractivity contribution >= 4 is 23.2 Å². The molecule has 0 bridgehead atoms. The molecule has 0 saturated carbocycles. The predicted molar refractivity (Wildman–Crippen MR) is 108 cm³/mol. The Balaban J connectivity index is 1.21. The van der Waals surface area contributed by atoms with Crippen molar-refractivity contribution in [3.8, 4) is 11.4 Å². The topological polar surface area (TPSA) is 98.1 Å². The first-order valence-electron chi connectivity index (χ1n) is 9.49. The minimum absolute atomic E-state index is 0.0462. The van der Waals surface area contributed by atoms with Crippen LogP contribution in [0, 0.1) is 0 Å². The van der Waals surface area contributed by atoms with Gasteiger partial charge in [-0.25, -0.2) is 0 Å². The molecule has 1 aliphatic heterocycles. The van der Waals surface area contributed by atoms with E-state index in [1.165, 1.54) is 4.80 Å². The van der Waals surface area contributed by atoms with Crippen LogP contribution in [0.1, 0.15) is 24.8 Å². The highest BCUT2D eigenvalue weighted by Crippen LogP contribution is 2.26. The van der Waals surface area contributed by atoms with E-state index >= 15 is 0 Å². The maximum absolute atomic E-state index is 12.1. The van der Waals surface area contributed by atoms with Gasteiger partial charge < -0.3 is 15.4 Å². The zero-order valence-corrected chi connectivity index (χ0v) is 15.8. The molecule has 1 aromatic heterocycles. The Bertz CT molecular complexity index is 1000. The molecule has 2 heterocycles. The molecule has 2 aromatic carbocycles. The Morgan fingerprint density at radius 3 is 2.69 bits per heavy atom. The summed E-state index contributed by atoms with van der Waals surface area (Å²) >= 11 is 0. The summed E-state index contributed by atoms with van der Waals surface area (Å²) in [6.07, 6.45) is 5.41. The molecule has 8 nitrogen and oxygen atoms in total. The second-order valence-electron chi connectivity index (χ2n) is 6.73. The Labute approximate surface area is 167 Å². The van der Waals surface area contributed by atoms with E-state index in [9.17, 15) is 9.59 Å². The summed E-state index contributed by atoms with van der Waals surface area (Å²) in [5.74, 6) is 0.736. The van der Waals surface area contributed by atoms with Crippen molar-refractivity contribution < 1.29 is 14.3 Å². The maximum atomic E-state index is 12.1. The van der Waals surface area contributed by atoms with Crippen LogP contribution in [0.15, 0.2) is 54.9 Å². The van der Waals surface area contributed by atoms with Crippen LogP contribution in [0.2, 0.25) is 0 Å². The standard InChI is InChI=1S/C21H21N5O3/c27-20(24-16-4-6-17(7-5-16)26-22-11-12-23-26)2-1-13-29-18-8-9-19-15(14-18)3-10-21(28)25-19/h4-9,11-12,14H,1-3,10,13H2,(H,24,27)(H,25,28). The third-order valence-corrected chi connectivity index (χ3v) is 4.59. The van der Waals surface area contributed by atoms with Crippen molar-refractivity contribution in [3.05, 3.63) is 60.4 Å². The van der Waals surface area contributed by atoms with Crippen LogP contribution in [0.3, 0.4) is 0 Å². The molecule has 2 amide bonds. The molecule has 0 spiro atoms. The zero-order chi connectivity index (χ0) is 20.1. The molecule has 0 aliphatic carbocycles. The van der Waals surface area contributed by atoms with Crippen molar-refractivity contribution in [2.24, 2.45) is 0 Å². The fourth-order valence-corrected chi connectivity index (χ4v) is 3.12. The molecule has 148 valence electrons. The molecule has 2 N–H and O–H groups in total. The first-order valence-corrected chi connectivity index (χ1v) is 9.49. The smallest absolute Gasteiger partial charge is 0.224 e. The minimum atomic E-state index is -0.0632. The molecule has 0 unspecified atom stereocenters. The van der Waals surface area contributed by atoms with E-state index in [2.05, 4.69) is 20.8 Å². The molecule has 0 fully saturated rings. The van der Waals surface area contributed by atoms with E-state index in [0.29, 0.717) is 25.9 Å². The van der Waals surface area contributed by atoms with Crippen molar-refractivity contribution in [2.45, 2.75) is 25.7 Å². The number of hydrogen-bond acceptors (Lipinski definition) is 5. The summed E-state index contributed by atoms with van der Waals surface area (Å²) in [7, 11) is 0. The van der Waals surface area contributed by atoms with Gasteiger partial charge in [-0.2, -0.15) is 15.0 Å². The third-order valence-electron chi connectivity index (χ3n) is 4.59.